The van der Waals surface area contributed by atoms with Gasteiger partial charge in [-0.15, -0.1) is 0 Å². The molecule has 0 saturated heterocycles. The van der Waals surface area contributed by atoms with Crippen LogP contribution in [0.4, 0.5) is 0 Å². The van der Waals surface area contributed by atoms with Crippen molar-refractivity contribution in [1.29, 1.82) is 5.26 Å². The number of benzene rings is 2. The van der Waals surface area contributed by atoms with E-state index in [0.29, 0.717) is 11.1 Å². The predicted molar refractivity (Wildman–Crippen MR) is 94.5 cm³/mol. The fourth-order valence-corrected chi connectivity index (χ4v) is 3.36. The first kappa shape index (κ1) is 14.5. The molecule has 3 nitrogen and oxygen atoms in total. The summed E-state index contributed by atoms with van der Waals surface area (Å²) in [7, 11) is 2.05. The zero-order valence-corrected chi connectivity index (χ0v) is 13.9. The van der Waals surface area contributed by atoms with E-state index in [1.165, 1.54) is 5.56 Å². The molecule has 4 rings (SSSR count). The van der Waals surface area contributed by atoms with Gasteiger partial charge in [-0.25, -0.2) is 4.57 Å². The highest BCUT2D eigenvalue weighted by Crippen LogP contribution is 2.36. The molecule has 0 unspecified atom stereocenters. The quantitative estimate of drug-likeness (QED) is 0.483. The predicted octanol–water partition coefficient (Wildman–Crippen LogP) is 4.57. The number of hydrogen-bond donors (Lipinski definition) is 0. The lowest BCUT2D eigenvalue weighted by Crippen LogP contribution is -2.30. The zero-order valence-electron chi connectivity index (χ0n) is 13.9. The molecule has 0 spiro atoms. The van der Waals surface area contributed by atoms with Gasteiger partial charge in [0.25, 0.3) is 0 Å². The number of furan rings is 1. The molecule has 0 aliphatic carbocycles. The van der Waals surface area contributed by atoms with Crippen LogP contribution in [0.5, 0.6) is 0 Å². The Labute approximate surface area is 140 Å². The zero-order chi connectivity index (χ0) is 16.8. The summed E-state index contributed by atoms with van der Waals surface area (Å²) >= 11 is 0. The van der Waals surface area contributed by atoms with E-state index in [0.717, 1.165) is 33.2 Å². The van der Waals surface area contributed by atoms with E-state index in [-0.39, 0.29) is 0 Å². The maximum absolute atomic E-state index is 9.36. The molecule has 0 aliphatic heterocycles. The van der Waals surface area contributed by atoms with Crippen LogP contribution in [0.1, 0.15) is 16.7 Å². The average Bonchev–Trinajstić information content (AvgIpc) is 2.94. The summed E-state index contributed by atoms with van der Waals surface area (Å²) < 4.78 is 8.14. The number of fused-ring (bicyclic) bond motifs is 3. The fourth-order valence-electron chi connectivity index (χ4n) is 3.36. The molecule has 0 radical (unpaired) electrons. The van der Waals surface area contributed by atoms with Crippen molar-refractivity contribution in [3.05, 3.63) is 65.4 Å². The number of hydrogen-bond acceptors (Lipinski definition) is 2. The molecule has 2 aromatic carbocycles. The molecule has 0 atom stereocenters. The van der Waals surface area contributed by atoms with E-state index in [1.807, 2.05) is 37.5 Å². The van der Waals surface area contributed by atoms with E-state index in [9.17, 15) is 5.26 Å². The second-order valence-corrected chi connectivity index (χ2v) is 6.21. The molecule has 0 N–H and O–H groups in total. The van der Waals surface area contributed by atoms with Crippen molar-refractivity contribution in [3.8, 4) is 17.3 Å². The number of nitriles is 1. The van der Waals surface area contributed by atoms with E-state index in [2.05, 4.69) is 42.7 Å². The van der Waals surface area contributed by atoms with Gasteiger partial charge >= 0.3 is 0 Å². The third kappa shape index (κ3) is 2.00. The van der Waals surface area contributed by atoms with E-state index in [1.54, 1.807) is 0 Å². The lowest BCUT2D eigenvalue weighted by Gasteiger charge is -2.05. The normalized spacial score (nSPS) is 11.1. The molecule has 0 amide bonds. The van der Waals surface area contributed by atoms with Crippen LogP contribution in [-0.4, -0.2) is 0 Å². The summed E-state index contributed by atoms with van der Waals surface area (Å²) in [4.78, 5) is 0. The SMILES string of the molecule is Cc1cc2oc3c(C#N)ccc(C)c3c2cc1-c1cccc[n+]1C. The first-order valence-corrected chi connectivity index (χ1v) is 7.91. The molecule has 0 saturated carbocycles. The van der Waals surface area contributed by atoms with Gasteiger partial charge in [0.05, 0.1) is 5.56 Å². The van der Waals surface area contributed by atoms with Crippen molar-refractivity contribution in [3.63, 3.8) is 0 Å². The van der Waals surface area contributed by atoms with Crippen molar-refractivity contribution in [1.82, 2.24) is 0 Å². The standard InChI is InChI=1S/C21H17N2O/c1-13-7-8-15(12-22)21-20(13)17-11-16(14(2)10-19(17)24-21)18-6-4-5-9-23(18)3/h4-11H,1-3H3/q+1. The number of nitrogens with zero attached hydrogens (tertiary/aromatic N) is 2. The minimum absolute atomic E-state index is 0.580. The largest absolute Gasteiger partial charge is 0.455 e. The fraction of sp³-hybridized carbons (Fsp3) is 0.143. The lowest BCUT2D eigenvalue weighted by atomic mass is 9.99. The van der Waals surface area contributed by atoms with Gasteiger partial charge in [-0.05, 0) is 49.2 Å². The Balaban J connectivity index is 2.13. The van der Waals surface area contributed by atoms with E-state index in [4.69, 9.17) is 4.42 Å². The first-order valence-electron chi connectivity index (χ1n) is 7.91. The summed E-state index contributed by atoms with van der Waals surface area (Å²) in [6, 6.07) is 16.5. The minimum Gasteiger partial charge on any atom is -0.455 e. The molecule has 2 heterocycles. The van der Waals surface area contributed by atoms with Crippen molar-refractivity contribution in [2.45, 2.75) is 13.8 Å². The van der Waals surface area contributed by atoms with Crippen LogP contribution in [0.15, 0.2) is 53.1 Å². The van der Waals surface area contributed by atoms with E-state index >= 15 is 0 Å². The Morgan fingerprint density at radius 2 is 1.88 bits per heavy atom. The number of aromatic nitrogens is 1. The molecular formula is C21H17N2O+. The van der Waals surface area contributed by atoms with Crippen LogP contribution in [0.25, 0.3) is 33.2 Å². The maximum atomic E-state index is 9.36. The average molecular weight is 313 g/mol. The van der Waals surface area contributed by atoms with Gasteiger partial charge in [0, 0.05) is 28.5 Å². The Hall–Kier alpha value is -3.12. The van der Waals surface area contributed by atoms with Crippen LogP contribution in [0, 0.1) is 25.2 Å². The highest BCUT2D eigenvalue weighted by molar-refractivity contribution is 6.09. The first-order chi connectivity index (χ1) is 11.6. The van der Waals surface area contributed by atoms with Gasteiger partial charge in [0.15, 0.2) is 11.8 Å². The summed E-state index contributed by atoms with van der Waals surface area (Å²) in [5.41, 5.74) is 6.69. The van der Waals surface area contributed by atoms with Crippen LogP contribution in [-0.2, 0) is 7.05 Å². The molecule has 24 heavy (non-hydrogen) atoms. The number of aryl methyl sites for hydroxylation is 3. The Morgan fingerprint density at radius 3 is 2.62 bits per heavy atom. The van der Waals surface area contributed by atoms with E-state index < -0.39 is 0 Å². The molecular weight excluding hydrogens is 296 g/mol. The Bertz CT molecular complexity index is 1150. The smallest absolute Gasteiger partial charge is 0.212 e. The second-order valence-electron chi connectivity index (χ2n) is 6.21. The minimum atomic E-state index is 0.580. The van der Waals surface area contributed by atoms with Crippen LogP contribution >= 0.6 is 0 Å². The van der Waals surface area contributed by atoms with Crippen LogP contribution in [0.3, 0.4) is 0 Å². The highest BCUT2D eigenvalue weighted by Gasteiger charge is 2.18. The molecule has 0 aliphatic rings. The number of rotatable bonds is 1. The molecule has 3 heteroatoms. The van der Waals surface area contributed by atoms with Gasteiger partial charge in [-0.2, -0.15) is 5.26 Å². The Morgan fingerprint density at radius 1 is 1.04 bits per heavy atom. The van der Waals surface area contributed by atoms with Crippen molar-refractivity contribution in [2.75, 3.05) is 0 Å². The molecule has 4 aromatic rings. The maximum Gasteiger partial charge on any atom is 0.212 e. The third-order valence-electron chi connectivity index (χ3n) is 4.63. The van der Waals surface area contributed by atoms with Gasteiger partial charge in [-0.1, -0.05) is 6.07 Å². The lowest BCUT2D eigenvalue weighted by molar-refractivity contribution is -0.660. The second kappa shape index (κ2) is 5.21. The summed E-state index contributed by atoms with van der Waals surface area (Å²) in [5.74, 6) is 0. The van der Waals surface area contributed by atoms with Gasteiger partial charge < -0.3 is 4.42 Å². The van der Waals surface area contributed by atoms with Gasteiger partial charge in [0.2, 0.25) is 5.69 Å². The highest BCUT2D eigenvalue weighted by atomic mass is 16.3. The van der Waals surface area contributed by atoms with Crippen LogP contribution < -0.4 is 4.57 Å². The third-order valence-corrected chi connectivity index (χ3v) is 4.63. The van der Waals surface area contributed by atoms with Gasteiger partial charge in [0.1, 0.15) is 18.7 Å². The number of pyridine rings is 1. The topological polar surface area (TPSA) is 40.8 Å². The monoisotopic (exact) mass is 313 g/mol. The molecule has 116 valence electrons. The van der Waals surface area contributed by atoms with Crippen molar-refractivity contribution < 1.29 is 8.98 Å². The molecule has 0 bridgehead atoms. The van der Waals surface area contributed by atoms with Gasteiger partial charge in [-0.3, -0.25) is 0 Å². The van der Waals surface area contributed by atoms with Crippen molar-refractivity contribution >= 4 is 21.9 Å². The summed E-state index contributed by atoms with van der Waals surface area (Å²) in [5, 5.41) is 11.5. The van der Waals surface area contributed by atoms with Crippen LogP contribution in [0.2, 0.25) is 0 Å². The Kier molecular flexibility index (Phi) is 3.14. The van der Waals surface area contributed by atoms with Crippen molar-refractivity contribution in [2.24, 2.45) is 7.05 Å². The molecule has 0 fully saturated rings. The summed E-state index contributed by atoms with van der Waals surface area (Å²) in [6.07, 6.45) is 2.05. The molecule has 2 aromatic heterocycles. The summed E-state index contributed by atoms with van der Waals surface area (Å²) in [6.45, 7) is 4.15.